The van der Waals surface area contributed by atoms with Crippen LogP contribution in [0.4, 0.5) is 0 Å². The summed E-state index contributed by atoms with van der Waals surface area (Å²) in [6.45, 7) is 6.19. The minimum Gasteiger partial charge on any atom is -0.462 e. The van der Waals surface area contributed by atoms with Crippen LogP contribution in [-0.4, -0.2) is 37.2 Å². The molecule has 0 aliphatic carbocycles. The van der Waals surface area contributed by atoms with E-state index in [0.29, 0.717) is 25.7 Å². The number of esters is 3. The Morgan fingerprint density at radius 2 is 0.918 bits per heavy atom. The second kappa shape index (κ2) is 37.4. The zero-order chi connectivity index (χ0) is 35.9. The number of hydrogen-bond donors (Lipinski definition) is 0. The van der Waals surface area contributed by atoms with Crippen molar-refractivity contribution >= 4 is 17.9 Å². The van der Waals surface area contributed by atoms with Gasteiger partial charge in [0.05, 0.1) is 0 Å². The molecule has 0 heterocycles. The van der Waals surface area contributed by atoms with Crippen molar-refractivity contribution in [3.8, 4) is 0 Å². The first-order valence-corrected chi connectivity index (χ1v) is 19.1. The molecule has 0 aromatic heterocycles. The summed E-state index contributed by atoms with van der Waals surface area (Å²) in [6.07, 6.45) is 45.9. The normalized spacial score (nSPS) is 13.0. The molecule has 0 aromatic carbocycles. The Balaban J connectivity index is 4.53. The minimum atomic E-state index is -0.815. The van der Waals surface area contributed by atoms with Crippen LogP contribution in [0.1, 0.15) is 149 Å². The number of allylic oxidation sites excluding steroid dienone is 14. The molecule has 276 valence electrons. The molecular weight excluding hydrogens is 612 g/mol. The van der Waals surface area contributed by atoms with E-state index in [2.05, 4.69) is 69.4 Å². The molecule has 0 N–H and O–H groups in total. The summed E-state index contributed by atoms with van der Waals surface area (Å²) in [4.78, 5) is 37.3. The van der Waals surface area contributed by atoms with Gasteiger partial charge in [0.15, 0.2) is 6.10 Å². The van der Waals surface area contributed by atoms with Gasteiger partial charge in [0.2, 0.25) is 0 Å². The number of rotatable bonds is 32. The molecule has 0 aromatic rings. The zero-order valence-corrected chi connectivity index (χ0v) is 31.2. The van der Waals surface area contributed by atoms with E-state index < -0.39 is 6.10 Å². The quantitative estimate of drug-likeness (QED) is 0.0231. The summed E-state index contributed by atoms with van der Waals surface area (Å²) in [5, 5.41) is 0. The van der Waals surface area contributed by atoms with E-state index in [4.69, 9.17) is 14.2 Å². The molecule has 0 radical (unpaired) electrons. The van der Waals surface area contributed by atoms with Crippen molar-refractivity contribution < 1.29 is 28.6 Å². The van der Waals surface area contributed by atoms with E-state index in [-0.39, 0.29) is 37.5 Å². The van der Waals surface area contributed by atoms with Gasteiger partial charge in [0.25, 0.3) is 0 Å². The highest BCUT2D eigenvalue weighted by Crippen LogP contribution is 2.10. The first kappa shape index (κ1) is 45.6. The van der Waals surface area contributed by atoms with E-state index in [1.165, 1.54) is 25.7 Å². The third kappa shape index (κ3) is 35.7. The summed E-state index contributed by atoms with van der Waals surface area (Å²) in [7, 11) is 0. The average Bonchev–Trinajstić information content (AvgIpc) is 3.10. The Morgan fingerprint density at radius 3 is 1.57 bits per heavy atom. The number of ether oxygens (including phenoxy) is 3. The highest BCUT2D eigenvalue weighted by atomic mass is 16.6. The molecule has 0 spiro atoms. The molecule has 0 aliphatic heterocycles. The minimum absolute atomic E-state index is 0.120. The standard InChI is InChI=1S/C43H68O6/c1-4-7-10-13-16-19-20-21-22-25-27-30-33-36-42(45)48-39-40(49-43(46)37-34-31-28-24-18-15-12-9-6-3)38-47-41(44)35-32-29-26-23-17-14-11-8-5-2/h7,9-10,12-13,16,18-24,26,40H,4-6,8,11,14-15,17,25,27-39H2,1-3H3/b10-7-,12-9-,16-13-,20-19-,22-21-,24-18-,26-23-. The van der Waals surface area contributed by atoms with Gasteiger partial charge in [-0.05, 0) is 83.5 Å². The highest BCUT2D eigenvalue weighted by molar-refractivity contribution is 5.71. The van der Waals surface area contributed by atoms with Crippen molar-refractivity contribution in [2.24, 2.45) is 0 Å². The number of carbonyl (C=O) groups is 3. The van der Waals surface area contributed by atoms with Crippen molar-refractivity contribution in [2.75, 3.05) is 13.2 Å². The highest BCUT2D eigenvalue weighted by Gasteiger charge is 2.19. The van der Waals surface area contributed by atoms with Gasteiger partial charge in [-0.15, -0.1) is 0 Å². The molecule has 6 heteroatoms. The van der Waals surface area contributed by atoms with Gasteiger partial charge in [-0.3, -0.25) is 14.4 Å². The molecule has 49 heavy (non-hydrogen) atoms. The summed E-state index contributed by atoms with van der Waals surface area (Å²) in [5.74, 6) is -1.05. The van der Waals surface area contributed by atoms with Gasteiger partial charge in [-0.25, -0.2) is 0 Å². The molecule has 0 bridgehead atoms. The third-order valence-corrected chi connectivity index (χ3v) is 7.46. The van der Waals surface area contributed by atoms with E-state index in [0.717, 1.165) is 70.6 Å². The lowest BCUT2D eigenvalue weighted by atomic mass is 10.1. The fraction of sp³-hybridized carbons (Fsp3) is 0.605. The lowest BCUT2D eigenvalue weighted by Gasteiger charge is -2.18. The fourth-order valence-electron chi connectivity index (χ4n) is 4.61. The monoisotopic (exact) mass is 681 g/mol. The van der Waals surface area contributed by atoms with E-state index >= 15 is 0 Å². The topological polar surface area (TPSA) is 78.9 Å². The lowest BCUT2D eigenvalue weighted by Crippen LogP contribution is -2.30. The van der Waals surface area contributed by atoms with Gasteiger partial charge in [0.1, 0.15) is 13.2 Å². The Bertz CT molecular complexity index is 1010. The molecule has 0 saturated heterocycles. The molecule has 1 atom stereocenters. The molecule has 0 amide bonds. The Hall–Kier alpha value is -3.41. The van der Waals surface area contributed by atoms with Crippen LogP contribution in [-0.2, 0) is 28.6 Å². The van der Waals surface area contributed by atoms with Gasteiger partial charge in [-0.1, -0.05) is 132 Å². The number of unbranched alkanes of at least 4 members (excludes halogenated alkanes) is 10. The van der Waals surface area contributed by atoms with Gasteiger partial charge in [0, 0.05) is 19.3 Å². The van der Waals surface area contributed by atoms with Crippen LogP contribution in [0.2, 0.25) is 0 Å². The predicted molar refractivity (Wildman–Crippen MR) is 205 cm³/mol. The van der Waals surface area contributed by atoms with E-state index in [9.17, 15) is 14.4 Å². The molecule has 6 nitrogen and oxygen atoms in total. The summed E-state index contributed by atoms with van der Waals surface area (Å²) >= 11 is 0. The molecular formula is C43H68O6. The van der Waals surface area contributed by atoms with Crippen molar-refractivity contribution in [1.82, 2.24) is 0 Å². The van der Waals surface area contributed by atoms with Crippen molar-refractivity contribution in [1.29, 1.82) is 0 Å². The van der Waals surface area contributed by atoms with Crippen LogP contribution < -0.4 is 0 Å². The zero-order valence-electron chi connectivity index (χ0n) is 31.2. The molecule has 0 aliphatic rings. The van der Waals surface area contributed by atoms with Gasteiger partial charge < -0.3 is 14.2 Å². The summed E-state index contributed by atoms with van der Waals surface area (Å²) < 4.78 is 16.5. The maximum absolute atomic E-state index is 12.6. The second-order valence-electron chi connectivity index (χ2n) is 12.2. The van der Waals surface area contributed by atoms with Gasteiger partial charge in [-0.2, -0.15) is 0 Å². The maximum atomic E-state index is 12.6. The lowest BCUT2D eigenvalue weighted by molar-refractivity contribution is -0.167. The predicted octanol–water partition coefficient (Wildman–Crippen LogP) is 11.7. The van der Waals surface area contributed by atoms with Crippen LogP contribution >= 0.6 is 0 Å². The maximum Gasteiger partial charge on any atom is 0.306 e. The van der Waals surface area contributed by atoms with E-state index in [1.54, 1.807) is 0 Å². The third-order valence-electron chi connectivity index (χ3n) is 7.46. The Kier molecular flexibility index (Phi) is 34.8. The smallest absolute Gasteiger partial charge is 0.306 e. The van der Waals surface area contributed by atoms with Crippen LogP contribution in [0.25, 0.3) is 0 Å². The number of hydrogen-bond acceptors (Lipinski definition) is 6. The van der Waals surface area contributed by atoms with E-state index in [1.807, 2.05) is 36.5 Å². The Labute approximate surface area is 299 Å². The van der Waals surface area contributed by atoms with Crippen molar-refractivity contribution in [3.05, 3.63) is 85.1 Å². The van der Waals surface area contributed by atoms with Crippen molar-refractivity contribution in [2.45, 2.75) is 155 Å². The largest absolute Gasteiger partial charge is 0.462 e. The fourth-order valence-corrected chi connectivity index (χ4v) is 4.61. The van der Waals surface area contributed by atoms with Crippen LogP contribution in [0.15, 0.2) is 85.1 Å². The van der Waals surface area contributed by atoms with Crippen LogP contribution in [0.3, 0.4) is 0 Å². The molecule has 1 unspecified atom stereocenters. The van der Waals surface area contributed by atoms with Crippen LogP contribution in [0.5, 0.6) is 0 Å². The van der Waals surface area contributed by atoms with Crippen LogP contribution in [0, 0.1) is 0 Å². The molecule has 0 saturated carbocycles. The van der Waals surface area contributed by atoms with Gasteiger partial charge >= 0.3 is 17.9 Å². The van der Waals surface area contributed by atoms with Crippen molar-refractivity contribution in [3.63, 3.8) is 0 Å². The Morgan fingerprint density at radius 1 is 0.449 bits per heavy atom. The summed E-state index contributed by atoms with van der Waals surface area (Å²) in [6, 6.07) is 0. The molecule has 0 rings (SSSR count). The average molecular weight is 681 g/mol. The summed E-state index contributed by atoms with van der Waals surface area (Å²) in [5.41, 5.74) is 0. The number of carbonyl (C=O) groups excluding carboxylic acids is 3. The second-order valence-corrected chi connectivity index (χ2v) is 12.2. The SMILES string of the molecule is CC\C=C/C=C\C=C/C=C\CCCCCC(=O)OCC(COC(=O)CCC/C=C\CCCCCC)OC(=O)CCCC/C=C\C/C=C\CC. The molecule has 0 fully saturated rings. The first-order valence-electron chi connectivity index (χ1n) is 19.1. The first-order chi connectivity index (χ1) is 24.0.